The molecule has 6 rings (SSSR count). The van der Waals surface area contributed by atoms with E-state index in [1.807, 2.05) is 62.8 Å². The molecule has 0 atom stereocenters. The first-order chi connectivity index (χ1) is 24.4. The highest BCUT2D eigenvalue weighted by Crippen LogP contribution is 2.41. The minimum Gasteiger partial charge on any atom is -0.497 e. The van der Waals surface area contributed by atoms with Crippen LogP contribution in [0.1, 0.15) is 40.7 Å². The van der Waals surface area contributed by atoms with E-state index >= 15 is 0 Å². The lowest BCUT2D eigenvalue weighted by atomic mass is 10.0. The number of carbonyl (C=O) groups is 3. The molecular formula is C39H43N7O5. The maximum atomic E-state index is 13.9. The molecule has 0 spiro atoms. The number of Topliss-reactive ketones (excluding diaryl/α,β-unsaturated/α-hetero) is 1. The number of methoxy groups -OCH3 is 1. The highest BCUT2D eigenvalue weighted by molar-refractivity contribution is 6.16. The molecule has 264 valence electrons. The molecule has 0 saturated carbocycles. The number of hydrogen-bond acceptors (Lipinski definition) is 7. The predicted octanol–water partition coefficient (Wildman–Crippen LogP) is 6.86. The third-order valence-electron chi connectivity index (χ3n) is 9.23. The van der Waals surface area contributed by atoms with E-state index in [4.69, 9.17) is 9.47 Å². The molecule has 0 radical (unpaired) electrons. The third kappa shape index (κ3) is 6.82. The average Bonchev–Trinajstić information content (AvgIpc) is 3.68. The number of ether oxygens (including phenoxy) is 2. The lowest BCUT2D eigenvalue weighted by Gasteiger charge is -2.19. The predicted molar refractivity (Wildman–Crippen MR) is 201 cm³/mol. The van der Waals surface area contributed by atoms with Gasteiger partial charge in [-0.1, -0.05) is 0 Å². The number of carbonyl (C=O) groups excluding carboxylic acids is 3. The summed E-state index contributed by atoms with van der Waals surface area (Å²) in [6, 6.07) is 17.5. The molecule has 3 amide bonds. The van der Waals surface area contributed by atoms with E-state index in [0.717, 1.165) is 44.8 Å². The summed E-state index contributed by atoms with van der Waals surface area (Å²) >= 11 is 0. The molecule has 0 unspecified atom stereocenters. The Labute approximate surface area is 297 Å². The van der Waals surface area contributed by atoms with Crippen LogP contribution >= 0.6 is 0 Å². The van der Waals surface area contributed by atoms with Gasteiger partial charge in [0, 0.05) is 78.4 Å². The normalized spacial score (nSPS) is 13.1. The third-order valence-corrected chi connectivity index (χ3v) is 9.23. The van der Waals surface area contributed by atoms with Crippen LogP contribution in [0.25, 0.3) is 28.2 Å². The van der Waals surface area contributed by atoms with E-state index in [0.29, 0.717) is 47.9 Å². The van der Waals surface area contributed by atoms with E-state index < -0.39 is 6.03 Å². The molecule has 5 aromatic rings. The first-order valence-corrected chi connectivity index (χ1v) is 16.8. The summed E-state index contributed by atoms with van der Waals surface area (Å²) in [5.41, 5.74) is 7.70. The number of nitrogens with one attached hydrogen (secondary N) is 2. The van der Waals surface area contributed by atoms with Gasteiger partial charge < -0.3 is 34.5 Å². The summed E-state index contributed by atoms with van der Waals surface area (Å²) in [7, 11) is 9.13. The lowest BCUT2D eigenvalue weighted by Crippen LogP contribution is -2.29. The van der Waals surface area contributed by atoms with E-state index in [9.17, 15) is 14.4 Å². The van der Waals surface area contributed by atoms with E-state index in [1.165, 1.54) is 0 Å². The average molecular weight is 690 g/mol. The first-order valence-electron chi connectivity index (χ1n) is 16.8. The largest absolute Gasteiger partial charge is 0.497 e. The Kier molecular flexibility index (Phi) is 9.71. The van der Waals surface area contributed by atoms with Gasteiger partial charge in [-0.25, -0.2) is 4.79 Å². The Morgan fingerprint density at radius 1 is 0.980 bits per heavy atom. The zero-order chi connectivity index (χ0) is 36.6. The summed E-state index contributed by atoms with van der Waals surface area (Å²) in [5.74, 6) is 0.994. The minimum atomic E-state index is -0.478. The number of ketones is 1. The molecule has 0 saturated heterocycles. The molecule has 12 heteroatoms. The van der Waals surface area contributed by atoms with Crippen LogP contribution in [0.5, 0.6) is 11.5 Å². The molecule has 3 aromatic carbocycles. The van der Waals surface area contributed by atoms with Gasteiger partial charge >= 0.3 is 6.03 Å². The Hall–Kier alpha value is -5.88. The molecule has 3 heterocycles. The molecule has 12 nitrogen and oxygen atoms in total. The maximum Gasteiger partial charge on any atom is 0.323 e. The fourth-order valence-corrected chi connectivity index (χ4v) is 6.44. The SMILES string of the molecule is CCn1c(-c2c(C)nn(C)c2C)c(/C=C2\Oc3ccc(NC(=O)Nc4ccc(N(C)C(=O)CCN(C)C)cc4)cc3C2=O)c2cc(OC)ccc21. The van der Waals surface area contributed by atoms with Gasteiger partial charge in [0.2, 0.25) is 11.7 Å². The van der Waals surface area contributed by atoms with Crippen molar-refractivity contribution in [1.82, 2.24) is 19.2 Å². The summed E-state index contributed by atoms with van der Waals surface area (Å²) < 4.78 is 15.8. The van der Waals surface area contributed by atoms with Crippen LogP contribution < -0.4 is 25.0 Å². The Morgan fingerprint density at radius 2 is 1.69 bits per heavy atom. The fraction of sp³-hybridized carbons (Fsp3) is 0.282. The number of benzene rings is 3. The van der Waals surface area contributed by atoms with Gasteiger partial charge in [0.05, 0.1) is 24.1 Å². The highest BCUT2D eigenvalue weighted by Gasteiger charge is 2.30. The zero-order valence-corrected chi connectivity index (χ0v) is 30.2. The number of hydrogen-bond donors (Lipinski definition) is 2. The second-order valence-electron chi connectivity index (χ2n) is 12.8. The van der Waals surface area contributed by atoms with Gasteiger partial charge in [0.1, 0.15) is 11.5 Å². The van der Waals surface area contributed by atoms with Crippen molar-refractivity contribution in [3.05, 3.63) is 88.9 Å². The molecular weight excluding hydrogens is 646 g/mol. The van der Waals surface area contributed by atoms with Crippen molar-refractivity contribution in [2.45, 2.75) is 33.7 Å². The highest BCUT2D eigenvalue weighted by atomic mass is 16.5. The molecule has 51 heavy (non-hydrogen) atoms. The number of urea groups is 1. The number of allylic oxidation sites excluding steroid dienone is 1. The number of anilines is 3. The molecule has 1 aliphatic heterocycles. The van der Waals surface area contributed by atoms with Gasteiger partial charge in [-0.05, 0) is 102 Å². The van der Waals surface area contributed by atoms with Crippen molar-refractivity contribution in [2.24, 2.45) is 7.05 Å². The van der Waals surface area contributed by atoms with Crippen molar-refractivity contribution in [3.8, 4) is 22.8 Å². The van der Waals surface area contributed by atoms with Crippen molar-refractivity contribution in [2.75, 3.05) is 50.3 Å². The van der Waals surface area contributed by atoms with Crippen LogP contribution in [-0.2, 0) is 18.4 Å². The zero-order valence-electron chi connectivity index (χ0n) is 30.2. The van der Waals surface area contributed by atoms with Crippen molar-refractivity contribution < 1.29 is 23.9 Å². The molecule has 0 aliphatic carbocycles. The van der Waals surface area contributed by atoms with E-state index in [-0.39, 0.29) is 17.4 Å². The van der Waals surface area contributed by atoms with Crippen LogP contribution in [0.4, 0.5) is 21.9 Å². The number of fused-ring (bicyclic) bond motifs is 2. The smallest absolute Gasteiger partial charge is 0.323 e. The van der Waals surface area contributed by atoms with Gasteiger partial charge in [0.25, 0.3) is 0 Å². The van der Waals surface area contributed by atoms with Crippen molar-refractivity contribution >= 4 is 51.8 Å². The Bertz CT molecular complexity index is 2190. The number of amides is 3. The Morgan fingerprint density at radius 3 is 2.33 bits per heavy atom. The van der Waals surface area contributed by atoms with E-state index in [2.05, 4.69) is 27.2 Å². The first kappa shape index (κ1) is 35.0. The van der Waals surface area contributed by atoms with Crippen LogP contribution in [0.3, 0.4) is 0 Å². The van der Waals surface area contributed by atoms with Crippen LogP contribution in [0.2, 0.25) is 0 Å². The quantitative estimate of drug-likeness (QED) is 0.154. The standard InChI is InChI=1S/C39H43N7O5/c1-9-46-32-16-15-28(50-8)21-29(32)30(37(46)36-23(2)42-45(7)24(36)3)22-34-38(48)31-20-26(12-17-33(31)51-34)41-39(49)40-25-10-13-27(14-11-25)44(6)35(47)18-19-43(4)5/h10-17,20-22H,9,18-19H2,1-8H3,(H2,40,41,49)/b34-22-. The van der Waals surface area contributed by atoms with Crippen LogP contribution in [-0.4, -0.2) is 71.8 Å². The molecule has 0 fully saturated rings. The monoisotopic (exact) mass is 689 g/mol. The second kappa shape index (κ2) is 14.2. The lowest BCUT2D eigenvalue weighted by molar-refractivity contribution is -0.118. The van der Waals surface area contributed by atoms with Crippen molar-refractivity contribution in [1.29, 1.82) is 0 Å². The van der Waals surface area contributed by atoms with Crippen molar-refractivity contribution in [3.63, 3.8) is 0 Å². The van der Waals surface area contributed by atoms with Gasteiger partial charge in [-0.2, -0.15) is 5.10 Å². The number of aromatic nitrogens is 3. The van der Waals surface area contributed by atoms with Gasteiger partial charge in [-0.3, -0.25) is 14.3 Å². The van der Waals surface area contributed by atoms with Crippen LogP contribution in [0, 0.1) is 13.8 Å². The Balaban J connectivity index is 1.24. The molecule has 0 bridgehead atoms. The topological polar surface area (TPSA) is 123 Å². The minimum absolute atomic E-state index is 0.00219. The summed E-state index contributed by atoms with van der Waals surface area (Å²) in [6.07, 6.45) is 2.20. The number of aryl methyl sites for hydroxylation is 3. The van der Waals surface area contributed by atoms with Gasteiger partial charge in [-0.15, -0.1) is 0 Å². The number of nitrogens with zero attached hydrogens (tertiary/aromatic N) is 5. The molecule has 2 N–H and O–H groups in total. The summed E-state index contributed by atoms with van der Waals surface area (Å²) in [5, 5.41) is 11.2. The molecule has 2 aromatic heterocycles. The summed E-state index contributed by atoms with van der Waals surface area (Å²) in [4.78, 5) is 42.9. The van der Waals surface area contributed by atoms with Crippen LogP contribution in [0.15, 0.2) is 66.4 Å². The second-order valence-corrected chi connectivity index (χ2v) is 12.8. The number of rotatable bonds is 10. The summed E-state index contributed by atoms with van der Waals surface area (Å²) in [6.45, 7) is 7.46. The molecule has 1 aliphatic rings. The van der Waals surface area contributed by atoms with Gasteiger partial charge in [0.15, 0.2) is 5.76 Å². The maximum absolute atomic E-state index is 13.9. The van der Waals surface area contributed by atoms with E-state index in [1.54, 1.807) is 67.6 Å². The fourth-order valence-electron chi connectivity index (χ4n) is 6.44.